The summed E-state index contributed by atoms with van der Waals surface area (Å²) in [6, 6.07) is 4.03. The third kappa shape index (κ3) is 1.49. The summed E-state index contributed by atoms with van der Waals surface area (Å²) in [5.74, 6) is 0. The van der Waals surface area contributed by atoms with Gasteiger partial charge in [0.2, 0.25) is 0 Å². The lowest BCUT2D eigenvalue weighted by Crippen LogP contribution is -2.05. The van der Waals surface area contributed by atoms with Gasteiger partial charge in [0, 0.05) is 23.0 Å². The molecule has 16 heavy (non-hydrogen) atoms. The van der Waals surface area contributed by atoms with Crippen LogP contribution in [-0.4, -0.2) is 14.9 Å². The summed E-state index contributed by atoms with van der Waals surface area (Å²) >= 11 is 1.75. The van der Waals surface area contributed by atoms with Crippen molar-refractivity contribution in [3.05, 3.63) is 39.3 Å². The Bertz CT molecular complexity index is 493. The third-order valence-corrected chi connectivity index (χ3v) is 4.46. The van der Waals surface area contributed by atoms with E-state index in [2.05, 4.69) is 11.2 Å². The monoisotopic (exact) mass is 234 g/mol. The van der Waals surface area contributed by atoms with Crippen LogP contribution < -0.4 is 0 Å². The number of hydrogen-bond acceptors (Lipinski definition) is 3. The van der Waals surface area contributed by atoms with E-state index in [4.69, 9.17) is 0 Å². The number of rotatable bonds is 2. The Morgan fingerprint density at radius 2 is 2.38 bits per heavy atom. The molecule has 1 aliphatic carbocycles. The van der Waals surface area contributed by atoms with Gasteiger partial charge in [-0.3, -0.25) is 4.68 Å². The molecule has 0 bridgehead atoms. The van der Waals surface area contributed by atoms with Gasteiger partial charge in [-0.05, 0) is 37.0 Å². The lowest BCUT2D eigenvalue weighted by Gasteiger charge is -2.08. The Kier molecular flexibility index (Phi) is 2.33. The summed E-state index contributed by atoms with van der Waals surface area (Å²) in [4.78, 5) is 2.50. The first-order valence-corrected chi connectivity index (χ1v) is 6.35. The van der Waals surface area contributed by atoms with Crippen LogP contribution in [0.4, 0.5) is 0 Å². The van der Waals surface area contributed by atoms with Crippen molar-refractivity contribution in [1.29, 1.82) is 0 Å². The molecule has 0 fully saturated rings. The summed E-state index contributed by atoms with van der Waals surface area (Å²) in [6.07, 6.45) is 4.81. The molecule has 0 aromatic carbocycles. The highest BCUT2D eigenvalue weighted by atomic mass is 32.1. The molecular weight excluding hydrogens is 220 g/mol. The minimum Gasteiger partial charge on any atom is -0.381 e. The van der Waals surface area contributed by atoms with Gasteiger partial charge in [0.05, 0.1) is 5.69 Å². The van der Waals surface area contributed by atoms with Crippen LogP contribution in [0.3, 0.4) is 0 Å². The Balaban J connectivity index is 1.95. The number of nitrogens with zero attached hydrogens (tertiary/aromatic N) is 2. The van der Waals surface area contributed by atoms with Crippen molar-refractivity contribution in [2.45, 2.75) is 25.4 Å². The first-order valence-electron chi connectivity index (χ1n) is 5.53. The van der Waals surface area contributed by atoms with Crippen LogP contribution in [0.15, 0.2) is 18.3 Å². The smallest absolute Gasteiger partial charge is 0.130 e. The van der Waals surface area contributed by atoms with E-state index in [0.717, 1.165) is 10.6 Å². The second-order valence-electron chi connectivity index (χ2n) is 4.23. The molecule has 0 aliphatic heterocycles. The molecule has 84 valence electrons. The Morgan fingerprint density at radius 3 is 3.06 bits per heavy atom. The summed E-state index contributed by atoms with van der Waals surface area (Å²) in [5, 5.41) is 14.4. The minimum absolute atomic E-state index is 0.525. The lowest BCUT2D eigenvalue weighted by molar-refractivity contribution is 0.213. The molecule has 2 heterocycles. The van der Waals surface area contributed by atoms with Crippen LogP contribution in [0.2, 0.25) is 0 Å². The molecule has 1 N–H and O–H groups in total. The van der Waals surface area contributed by atoms with Gasteiger partial charge in [-0.2, -0.15) is 5.10 Å². The quantitative estimate of drug-likeness (QED) is 0.863. The highest BCUT2D eigenvalue weighted by Gasteiger charge is 2.21. The largest absolute Gasteiger partial charge is 0.381 e. The van der Waals surface area contributed by atoms with Gasteiger partial charge < -0.3 is 5.11 Å². The Hall–Kier alpha value is -1.13. The summed E-state index contributed by atoms with van der Waals surface area (Å²) in [7, 11) is 1.86. The molecule has 3 nitrogen and oxygen atoms in total. The number of aliphatic hydroxyl groups is 1. The minimum atomic E-state index is -0.525. The van der Waals surface area contributed by atoms with Crippen molar-refractivity contribution in [3.8, 4) is 0 Å². The van der Waals surface area contributed by atoms with Crippen LogP contribution in [-0.2, 0) is 19.9 Å². The van der Waals surface area contributed by atoms with Gasteiger partial charge >= 0.3 is 0 Å². The lowest BCUT2D eigenvalue weighted by atomic mass is 10.2. The van der Waals surface area contributed by atoms with E-state index in [9.17, 15) is 5.11 Å². The molecule has 0 saturated heterocycles. The van der Waals surface area contributed by atoms with Crippen LogP contribution in [0.1, 0.15) is 33.5 Å². The van der Waals surface area contributed by atoms with E-state index in [1.165, 1.54) is 29.7 Å². The van der Waals surface area contributed by atoms with Crippen molar-refractivity contribution < 1.29 is 5.11 Å². The molecule has 1 unspecified atom stereocenters. The van der Waals surface area contributed by atoms with Crippen molar-refractivity contribution >= 4 is 11.3 Å². The molecule has 2 aromatic heterocycles. The number of aliphatic hydroxyl groups excluding tert-OH is 1. The van der Waals surface area contributed by atoms with E-state index in [1.54, 1.807) is 22.2 Å². The normalized spacial score (nSPS) is 16.4. The second-order valence-corrected chi connectivity index (χ2v) is 5.40. The first-order chi connectivity index (χ1) is 7.75. The van der Waals surface area contributed by atoms with Crippen LogP contribution >= 0.6 is 11.3 Å². The van der Waals surface area contributed by atoms with E-state index in [0.29, 0.717) is 0 Å². The number of aromatic nitrogens is 2. The van der Waals surface area contributed by atoms with Gasteiger partial charge in [-0.15, -0.1) is 11.3 Å². The van der Waals surface area contributed by atoms with Gasteiger partial charge in [0.1, 0.15) is 6.10 Å². The topological polar surface area (TPSA) is 38.0 Å². The van der Waals surface area contributed by atoms with Crippen LogP contribution in [0.5, 0.6) is 0 Å². The van der Waals surface area contributed by atoms with Gasteiger partial charge in [0.25, 0.3) is 0 Å². The average molecular weight is 234 g/mol. The molecule has 0 radical (unpaired) electrons. The molecule has 0 amide bonds. The maximum atomic E-state index is 10.3. The van der Waals surface area contributed by atoms with Crippen molar-refractivity contribution in [1.82, 2.24) is 9.78 Å². The highest BCUT2D eigenvalue weighted by molar-refractivity contribution is 7.12. The fourth-order valence-corrected chi connectivity index (χ4v) is 3.54. The highest BCUT2D eigenvalue weighted by Crippen LogP contribution is 2.35. The maximum Gasteiger partial charge on any atom is 0.130 e. The zero-order valence-electron chi connectivity index (χ0n) is 9.18. The van der Waals surface area contributed by atoms with E-state index in [1.807, 2.05) is 13.1 Å². The molecule has 4 heteroatoms. The fourth-order valence-electron chi connectivity index (χ4n) is 2.28. The number of aryl methyl sites for hydroxylation is 3. The molecule has 3 rings (SSSR count). The van der Waals surface area contributed by atoms with Crippen molar-refractivity contribution in [2.24, 2.45) is 7.05 Å². The van der Waals surface area contributed by atoms with E-state index >= 15 is 0 Å². The predicted molar refractivity (Wildman–Crippen MR) is 63.6 cm³/mol. The van der Waals surface area contributed by atoms with E-state index in [-0.39, 0.29) is 0 Å². The third-order valence-electron chi connectivity index (χ3n) is 3.17. The summed E-state index contributed by atoms with van der Waals surface area (Å²) < 4.78 is 1.73. The standard InChI is InChI=1S/C12H14N2OS/c1-14-9(5-6-13-14)12(15)11-7-8-3-2-4-10(8)16-11/h5-7,12,15H,2-4H2,1H3. The molecule has 2 aromatic rings. The van der Waals surface area contributed by atoms with Crippen LogP contribution in [0.25, 0.3) is 0 Å². The van der Waals surface area contributed by atoms with E-state index < -0.39 is 6.10 Å². The number of thiophene rings is 1. The molecule has 1 aliphatic rings. The maximum absolute atomic E-state index is 10.3. The molecule has 0 spiro atoms. The average Bonchev–Trinajstić information content (AvgIpc) is 2.89. The van der Waals surface area contributed by atoms with Gasteiger partial charge in [-0.25, -0.2) is 0 Å². The van der Waals surface area contributed by atoms with Crippen molar-refractivity contribution in [2.75, 3.05) is 0 Å². The molecule has 1 atom stereocenters. The first kappa shape index (κ1) is 10.1. The van der Waals surface area contributed by atoms with Crippen LogP contribution in [0, 0.1) is 0 Å². The second kappa shape index (κ2) is 3.71. The number of hydrogen-bond donors (Lipinski definition) is 1. The zero-order chi connectivity index (χ0) is 11.1. The summed E-state index contributed by atoms with van der Waals surface area (Å²) in [5.41, 5.74) is 2.29. The molecule has 0 saturated carbocycles. The predicted octanol–water partition coefficient (Wildman–Crippen LogP) is 2.05. The summed E-state index contributed by atoms with van der Waals surface area (Å²) in [6.45, 7) is 0. The number of fused-ring (bicyclic) bond motifs is 1. The Labute approximate surface area is 98.3 Å². The fraction of sp³-hybridized carbons (Fsp3) is 0.417. The van der Waals surface area contributed by atoms with Gasteiger partial charge in [-0.1, -0.05) is 0 Å². The molecular formula is C12H14N2OS. The van der Waals surface area contributed by atoms with Crippen molar-refractivity contribution in [3.63, 3.8) is 0 Å². The zero-order valence-corrected chi connectivity index (χ0v) is 10.00. The van der Waals surface area contributed by atoms with Gasteiger partial charge in [0.15, 0.2) is 0 Å². The SMILES string of the molecule is Cn1nccc1C(O)c1cc2c(s1)CCC2. The Morgan fingerprint density at radius 1 is 1.50 bits per heavy atom.